The predicted molar refractivity (Wildman–Crippen MR) is 79.1 cm³/mol. The summed E-state index contributed by atoms with van der Waals surface area (Å²) in [5.41, 5.74) is 6.79. The third kappa shape index (κ3) is 2.78. The summed E-state index contributed by atoms with van der Waals surface area (Å²) in [6.45, 7) is 4.00. The van der Waals surface area contributed by atoms with E-state index in [9.17, 15) is 4.79 Å². The molecule has 0 saturated heterocycles. The Morgan fingerprint density at radius 1 is 1.42 bits per heavy atom. The number of nitrogens with two attached hydrogens (primary N) is 1. The molecule has 100 valence electrons. The van der Waals surface area contributed by atoms with Crippen LogP contribution in [0.2, 0.25) is 0 Å². The Kier molecular flexibility index (Phi) is 3.90. The monoisotopic (exact) mass is 322 g/mol. The number of halogens is 1. The zero-order valence-corrected chi connectivity index (χ0v) is 12.3. The topological polar surface area (TPSA) is 72.9 Å². The molecule has 0 aliphatic rings. The average Bonchev–Trinajstić information content (AvgIpc) is 2.80. The summed E-state index contributed by atoms with van der Waals surface area (Å²) in [4.78, 5) is 12.2. The molecule has 0 bridgehead atoms. The van der Waals surface area contributed by atoms with E-state index in [0.717, 1.165) is 0 Å². The van der Waals surface area contributed by atoms with Gasteiger partial charge in [0, 0.05) is 17.8 Å². The van der Waals surface area contributed by atoms with Crippen molar-refractivity contribution in [2.75, 3.05) is 11.1 Å². The highest BCUT2D eigenvalue weighted by molar-refractivity contribution is 9.10. The van der Waals surface area contributed by atoms with Gasteiger partial charge in [0.1, 0.15) is 5.82 Å². The second-order valence-electron chi connectivity index (χ2n) is 4.42. The van der Waals surface area contributed by atoms with Crippen LogP contribution >= 0.6 is 15.9 Å². The summed E-state index contributed by atoms with van der Waals surface area (Å²) in [6, 6.07) is 7.13. The van der Waals surface area contributed by atoms with Gasteiger partial charge in [-0.25, -0.2) is 4.68 Å². The van der Waals surface area contributed by atoms with Crippen LogP contribution in [0.25, 0.3) is 0 Å². The Morgan fingerprint density at radius 3 is 2.84 bits per heavy atom. The van der Waals surface area contributed by atoms with Crippen LogP contribution in [0.4, 0.5) is 11.5 Å². The molecule has 0 saturated carbocycles. The molecule has 1 aromatic heterocycles. The Labute approximate surface area is 119 Å². The molecule has 0 spiro atoms. The minimum atomic E-state index is -0.221. The maximum atomic E-state index is 12.2. The van der Waals surface area contributed by atoms with Gasteiger partial charge < -0.3 is 11.1 Å². The first kappa shape index (κ1) is 13.6. The van der Waals surface area contributed by atoms with E-state index in [4.69, 9.17) is 5.73 Å². The molecule has 2 aromatic rings. The minimum absolute atomic E-state index is 0.176. The Morgan fingerprint density at radius 2 is 2.16 bits per heavy atom. The molecule has 1 heterocycles. The zero-order valence-electron chi connectivity index (χ0n) is 10.7. The number of hydrogen-bond donors (Lipinski definition) is 2. The van der Waals surface area contributed by atoms with Crippen LogP contribution in [0.1, 0.15) is 30.2 Å². The number of carbonyl (C=O) groups excluding carboxylic acids is 1. The minimum Gasteiger partial charge on any atom is -0.398 e. The lowest BCUT2D eigenvalue weighted by atomic mass is 10.2. The number of nitrogen functional groups attached to an aromatic ring is 1. The normalized spacial score (nSPS) is 10.7. The maximum Gasteiger partial charge on any atom is 0.258 e. The fourth-order valence-corrected chi connectivity index (χ4v) is 2.18. The van der Waals surface area contributed by atoms with Gasteiger partial charge in [0.05, 0.1) is 16.2 Å². The van der Waals surface area contributed by atoms with Crippen molar-refractivity contribution >= 4 is 33.3 Å². The van der Waals surface area contributed by atoms with Crippen molar-refractivity contribution in [2.45, 2.75) is 19.9 Å². The van der Waals surface area contributed by atoms with E-state index in [0.29, 0.717) is 21.5 Å². The molecular formula is C13H15BrN4O. The predicted octanol–water partition coefficient (Wildman–Crippen LogP) is 3.06. The second kappa shape index (κ2) is 5.44. The van der Waals surface area contributed by atoms with Gasteiger partial charge >= 0.3 is 0 Å². The number of hydrogen-bond acceptors (Lipinski definition) is 3. The van der Waals surface area contributed by atoms with Crippen molar-refractivity contribution in [3.8, 4) is 0 Å². The van der Waals surface area contributed by atoms with E-state index in [-0.39, 0.29) is 11.9 Å². The highest BCUT2D eigenvalue weighted by Crippen LogP contribution is 2.24. The molecule has 0 atom stereocenters. The molecule has 0 aliphatic heterocycles. The molecule has 0 radical (unpaired) electrons. The molecule has 2 rings (SSSR count). The van der Waals surface area contributed by atoms with E-state index in [2.05, 4.69) is 26.3 Å². The smallest absolute Gasteiger partial charge is 0.258 e. The maximum absolute atomic E-state index is 12.2. The van der Waals surface area contributed by atoms with Gasteiger partial charge in [0.2, 0.25) is 0 Å². The van der Waals surface area contributed by atoms with Crippen LogP contribution in [0, 0.1) is 0 Å². The summed E-state index contributed by atoms with van der Waals surface area (Å²) in [6.07, 6.45) is 1.66. The third-order valence-electron chi connectivity index (χ3n) is 2.67. The highest BCUT2D eigenvalue weighted by atomic mass is 79.9. The van der Waals surface area contributed by atoms with Gasteiger partial charge in [-0.1, -0.05) is 6.07 Å². The first-order valence-electron chi connectivity index (χ1n) is 5.89. The molecule has 5 nitrogen and oxygen atoms in total. The Balaban J connectivity index is 2.26. The Bertz CT molecular complexity index is 606. The first-order valence-corrected chi connectivity index (χ1v) is 6.69. The molecular weight excluding hydrogens is 308 g/mol. The fourth-order valence-electron chi connectivity index (χ4n) is 1.73. The van der Waals surface area contributed by atoms with Crippen molar-refractivity contribution in [3.05, 3.63) is 40.5 Å². The first-order chi connectivity index (χ1) is 9.00. The van der Waals surface area contributed by atoms with Crippen LogP contribution < -0.4 is 11.1 Å². The summed E-state index contributed by atoms with van der Waals surface area (Å²) in [7, 11) is 0. The lowest BCUT2D eigenvalue weighted by molar-refractivity contribution is 0.102. The van der Waals surface area contributed by atoms with Crippen molar-refractivity contribution in [1.29, 1.82) is 0 Å². The summed E-state index contributed by atoms with van der Waals surface area (Å²) < 4.78 is 2.35. The van der Waals surface area contributed by atoms with E-state index in [1.807, 2.05) is 13.8 Å². The van der Waals surface area contributed by atoms with Crippen LogP contribution in [0.15, 0.2) is 34.9 Å². The molecule has 0 aliphatic carbocycles. The van der Waals surface area contributed by atoms with Gasteiger partial charge in [-0.15, -0.1) is 0 Å². The number of benzene rings is 1. The Hall–Kier alpha value is -1.82. The number of rotatable bonds is 3. The number of nitrogens with zero attached hydrogens (tertiary/aromatic N) is 2. The fraction of sp³-hybridized carbons (Fsp3) is 0.231. The number of amides is 1. The molecule has 1 aromatic carbocycles. The molecule has 6 heteroatoms. The standard InChI is InChI=1S/C13H15BrN4O/c1-8(2)18-11(6-7-16-18)17-13(19)9-4-3-5-10(15)12(9)14/h3-8H,15H2,1-2H3,(H,17,19). The van der Waals surface area contributed by atoms with Gasteiger partial charge in [0.15, 0.2) is 0 Å². The average molecular weight is 323 g/mol. The lowest BCUT2D eigenvalue weighted by Gasteiger charge is -2.12. The van der Waals surface area contributed by atoms with Crippen LogP contribution in [-0.4, -0.2) is 15.7 Å². The summed E-state index contributed by atoms with van der Waals surface area (Å²) >= 11 is 3.32. The van der Waals surface area contributed by atoms with Gasteiger partial charge in [0.25, 0.3) is 5.91 Å². The molecule has 0 unspecified atom stereocenters. The summed E-state index contributed by atoms with van der Waals surface area (Å²) in [5.74, 6) is 0.441. The summed E-state index contributed by atoms with van der Waals surface area (Å²) in [5, 5.41) is 7.00. The molecule has 19 heavy (non-hydrogen) atoms. The zero-order chi connectivity index (χ0) is 14.0. The SMILES string of the molecule is CC(C)n1nccc1NC(=O)c1cccc(N)c1Br. The van der Waals surface area contributed by atoms with Crippen molar-refractivity contribution < 1.29 is 4.79 Å². The van der Waals surface area contributed by atoms with E-state index < -0.39 is 0 Å². The highest BCUT2D eigenvalue weighted by Gasteiger charge is 2.14. The third-order valence-corrected chi connectivity index (χ3v) is 3.56. The van der Waals surface area contributed by atoms with Gasteiger partial charge in [-0.05, 0) is 41.9 Å². The van der Waals surface area contributed by atoms with Crippen LogP contribution in [0.3, 0.4) is 0 Å². The second-order valence-corrected chi connectivity index (χ2v) is 5.21. The molecule has 1 amide bonds. The van der Waals surface area contributed by atoms with Crippen LogP contribution in [-0.2, 0) is 0 Å². The van der Waals surface area contributed by atoms with Crippen molar-refractivity contribution in [2.24, 2.45) is 0 Å². The largest absolute Gasteiger partial charge is 0.398 e. The number of nitrogens with one attached hydrogen (secondary N) is 1. The lowest BCUT2D eigenvalue weighted by Crippen LogP contribution is -2.17. The number of carbonyl (C=O) groups is 1. The van der Waals surface area contributed by atoms with Gasteiger partial charge in [-0.2, -0.15) is 5.10 Å². The molecule has 0 fully saturated rings. The van der Waals surface area contributed by atoms with Crippen molar-refractivity contribution in [3.63, 3.8) is 0 Å². The quantitative estimate of drug-likeness (QED) is 0.853. The van der Waals surface area contributed by atoms with E-state index in [1.165, 1.54) is 0 Å². The van der Waals surface area contributed by atoms with Gasteiger partial charge in [-0.3, -0.25) is 4.79 Å². The van der Waals surface area contributed by atoms with E-state index in [1.54, 1.807) is 35.1 Å². The van der Waals surface area contributed by atoms with Crippen molar-refractivity contribution in [1.82, 2.24) is 9.78 Å². The van der Waals surface area contributed by atoms with Crippen LogP contribution in [0.5, 0.6) is 0 Å². The van der Waals surface area contributed by atoms with E-state index >= 15 is 0 Å². The number of anilines is 2. The molecule has 3 N–H and O–H groups in total. The number of aromatic nitrogens is 2.